The summed E-state index contributed by atoms with van der Waals surface area (Å²) in [5.41, 5.74) is -3.37. The van der Waals surface area contributed by atoms with Crippen LogP contribution in [0.1, 0.15) is 48.3 Å². The van der Waals surface area contributed by atoms with E-state index in [4.69, 9.17) is 9.26 Å². The Morgan fingerprint density at radius 1 is 1.22 bits per heavy atom. The lowest BCUT2D eigenvalue weighted by Gasteiger charge is -2.24. The number of aromatic nitrogens is 2. The number of rotatable bonds is 6. The largest absolute Gasteiger partial charge is 0.480 e. The standard InChI is InChI=1S/C22H21F6N3O5S/c1-11(21(23,24)25)35-15-4-3-13(37(2,33)34)7-14(15)16(32)31-9-12-8-19(12,10-31)18-29-17(30-36-18)20(5-6-20)22(26,27)28/h3-4,7,11-12H,5-6,8-10H2,1-2H3/t11-,12?,19+/m1/s1. The molecule has 0 bridgehead atoms. The van der Waals surface area contributed by atoms with Gasteiger partial charge in [0, 0.05) is 19.3 Å². The molecule has 3 atom stereocenters. The van der Waals surface area contributed by atoms with Crippen LogP contribution in [-0.4, -0.2) is 67.2 Å². The van der Waals surface area contributed by atoms with Crippen molar-refractivity contribution in [2.45, 2.75) is 60.4 Å². The number of sulfone groups is 1. The van der Waals surface area contributed by atoms with Crippen molar-refractivity contribution in [3.63, 3.8) is 0 Å². The predicted molar refractivity (Wildman–Crippen MR) is 113 cm³/mol. The second kappa shape index (κ2) is 7.84. The van der Waals surface area contributed by atoms with Crippen LogP contribution in [0.2, 0.25) is 0 Å². The summed E-state index contributed by atoms with van der Waals surface area (Å²) in [6.07, 6.45) is -10.5. The van der Waals surface area contributed by atoms with E-state index in [0.717, 1.165) is 31.4 Å². The number of halogens is 6. The molecule has 2 heterocycles. The van der Waals surface area contributed by atoms with Gasteiger partial charge in [-0.3, -0.25) is 4.79 Å². The van der Waals surface area contributed by atoms with Crippen molar-refractivity contribution in [3.8, 4) is 5.75 Å². The lowest BCUT2D eigenvalue weighted by atomic mass is 10.0. The lowest BCUT2D eigenvalue weighted by molar-refractivity contribution is -0.189. The van der Waals surface area contributed by atoms with Crippen LogP contribution in [0.15, 0.2) is 27.6 Å². The molecular formula is C22H21F6N3O5S. The van der Waals surface area contributed by atoms with Crippen LogP contribution in [0.25, 0.3) is 0 Å². The number of benzene rings is 1. The van der Waals surface area contributed by atoms with Crippen molar-refractivity contribution in [1.29, 1.82) is 0 Å². The number of hydrogen-bond donors (Lipinski definition) is 0. The van der Waals surface area contributed by atoms with Crippen LogP contribution in [0.3, 0.4) is 0 Å². The van der Waals surface area contributed by atoms with E-state index in [9.17, 15) is 39.6 Å². The highest BCUT2D eigenvalue weighted by molar-refractivity contribution is 7.90. The van der Waals surface area contributed by atoms with E-state index in [1.54, 1.807) is 0 Å². The van der Waals surface area contributed by atoms with Crippen LogP contribution in [0, 0.1) is 5.92 Å². The summed E-state index contributed by atoms with van der Waals surface area (Å²) in [6.45, 7) is 0.840. The lowest BCUT2D eigenvalue weighted by Crippen LogP contribution is -2.35. The van der Waals surface area contributed by atoms with Crippen molar-refractivity contribution < 1.29 is 48.8 Å². The summed E-state index contributed by atoms with van der Waals surface area (Å²) in [5, 5.41) is 3.57. The maximum Gasteiger partial charge on any atom is 0.425 e. The molecule has 0 radical (unpaired) electrons. The fourth-order valence-electron chi connectivity index (χ4n) is 4.79. The molecule has 202 valence electrons. The van der Waals surface area contributed by atoms with Gasteiger partial charge in [-0.2, -0.15) is 31.3 Å². The van der Waals surface area contributed by atoms with Gasteiger partial charge in [-0.05, 0) is 50.3 Å². The quantitative estimate of drug-likeness (QED) is 0.502. The van der Waals surface area contributed by atoms with Gasteiger partial charge in [-0.1, -0.05) is 5.16 Å². The number of carbonyl (C=O) groups excluding carboxylic acids is 1. The molecule has 1 amide bonds. The van der Waals surface area contributed by atoms with Crippen molar-refractivity contribution in [2.75, 3.05) is 19.3 Å². The van der Waals surface area contributed by atoms with Gasteiger partial charge in [-0.25, -0.2) is 8.42 Å². The normalized spacial score (nSPS) is 25.5. The van der Waals surface area contributed by atoms with Crippen molar-refractivity contribution in [1.82, 2.24) is 15.0 Å². The van der Waals surface area contributed by atoms with Crippen LogP contribution >= 0.6 is 0 Å². The Balaban J connectivity index is 1.41. The molecule has 1 aromatic carbocycles. The van der Waals surface area contributed by atoms with Crippen molar-refractivity contribution >= 4 is 15.7 Å². The molecule has 1 saturated heterocycles. The Hall–Kier alpha value is -2.84. The highest BCUT2D eigenvalue weighted by Crippen LogP contribution is 2.61. The Morgan fingerprint density at radius 2 is 1.89 bits per heavy atom. The number of amides is 1. The third-order valence-electron chi connectivity index (χ3n) is 7.38. The number of likely N-dealkylation sites (tertiary alicyclic amines) is 1. The maximum absolute atomic E-state index is 13.4. The monoisotopic (exact) mass is 553 g/mol. The third kappa shape index (κ3) is 4.24. The van der Waals surface area contributed by atoms with Gasteiger partial charge in [0.1, 0.15) is 11.2 Å². The van der Waals surface area contributed by atoms with Crippen LogP contribution in [0.5, 0.6) is 5.75 Å². The van der Waals surface area contributed by atoms with Crippen LogP contribution in [0.4, 0.5) is 26.3 Å². The number of nitrogens with zero attached hydrogens (tertiary/aromatic N) is 3. The number of alkyl halides is 6. The molecule has 2 aromatic rings. The summed E-state index contributed by atoms with van der Waals surface area (Å²) in [7, 11) is -3.80. The van der Waals surface area contributed by atoms with Gasteiger partial charge in [0.25, 0.3) is 5.91 Å². The molecule has 3 fully saturated rings. The van der Waals surface area contributed by atoms with E-state index in [1.165, 1.54) is 4.90 Å². The summed E-state index contributed by atoms with van der Waals surface area (Å²) >= 11 is 0. The number of ether oxygens (including phenoxy) is 1. The number of piperidine rings is 1. The average Bonchev–Trinajstić information content (AvgIpc) is 3.63. The first-order chi connectivity index (χ1) is 17.0. The molecule has 3 aliphatic rings. The van der Waals surface area contributed by atoms with Crippen molar-refractivity contribution in [3.05, 3.63) is 35.5 Å². The zero-order valence-corrected chi connectivity index (χ0v) is 20.3. The molecule has 0 spiro atoms. The second-order valence-electron chi connectivity index (χ2n) is 9.98. The van der Waals surface area contributed by atoms with Crippen LogP contribution in [-0.2, 0) is 20.7 Å². The summed E-state index contributed by atoms with van der Waals surface area (Å²) in [4.78, 5) is 18.4. The summed E-state index contributed by atoms with van der Waals surface area (Å²) in [5.74, 6) is -1.90. The molecule has 1 aromatic heterocycles. The van der Waals surface area contributed by atoms with Gasteiger partial charge in [0.2, 0.25) is 5.89 Å². The SMILES string of the molecule is C[C@@H](Oc1ccc(S(C)(=O)=O)cc1C(=O)N1CC2C[C@]2(c2nc(C3(C(F)(F)F)CC3)no2)C1)C(F)(F)F. The maximum atomic E-state index is 13.4. The minimum Gasteiger partial charge on any atom is -0.480 e. The zero-order chi connectivity index (χ0) is 27.2. The van der Waals surface area contributed by atoms with E-state index < -0.39 is 56.6 Å². The molecule has 2 aliphatic carbocycles. The number of carbonyl (C=O) groups is 1. The van der Waals surface area contributed by atoms with Gasteiger partial charge in [0.05, 0.1) is 15.9 Å². The average molecular weight is 553 g/mol. The molecular weight excluding hydrogens is 532 g/mol. The van der Waals surface area contributed by atoms with E-state index in [1.807, 2.05) is 0 Å². The van der Waals surface area contributed by atoms with E-state index in [2.05, 4.69) is 10.1 Å². The zero-order valence-electron chi connectivity index (χ0n) is 19.5. The Labute approximate surface area is 206 Å². The summed E-state index contributed by atoms with van der Waals surface area (Å²) in [6, 6.07) is 2.99. The summed E-state index contributed by atoms with van der Waals surface area (Å²) < 4.78 is 114. The fraction of sp³-hybridized carbons (Fsp3) is 0.591. The molecule has 0 N–H and O–H groups in total. The molecule has 2 saturated carbocycles. The van der Waals surface area contributed by atoms with Crippen LogP contribution < -0.4 is 4.74 Å². The fourth-order valence-corrected chi connectivity index (χ4v) is 5.43. The minimum absolute atomic E-state index is 0.0228. The smallest absolute Gasteiger partial charge is 0.425 e. The predicted octanol–water partition coefficient (Wildman–Crippen LogP) is 3.81. The first kappa shape index (κ1) is 25.8. The first-order valence-corrected chi connectivity index (χ1v) is 13.2. The molecule has 1 unspecified atom stereocenters. The first-order valence-electron chi connectivity index (χ1n) is 11.3. The molecule has 8 nitrogen and oxygen atoms in total. The highest BCUT2D eigenvalue weighted by atomic mass is 32.2. The minimum atomic E-state index is -4.74. The molecule has 15 heteroatoms. The molecule has 37 heavy (non-hydrogen) atoms. The van der Waals surface area contributed by atoms with E-state index in [0.29, 0.717) is 6.42 Å². The number of hydrogen-bond acceptors (Lipinski definition) is 7. The van der Waals surface area contributed by atoms with E-state index >= 15 is 0 Å². The Kier molecular flexibility index (Phi) is 5.46. The number of fused-ring (bicyclic) bond motifs is 1. The molecule has 1 aliphatic heterocycles. The van der Waals surface area contributed by atoms with Gasteiger partial charge in [0.15, 0.2) is 21.8 Å². The third-order valence-corrected chi connectivity index (χ3v) is 8.49. The Bertz CT molecular complexity index is 1370. The Morgan fingerprint density at radius 3 is 2.46 bits per heavy atom. The van der Waals surface area contributed by atoms with Gasteiger partial charge < -0.3 is 14.2 Å². The van der Waals surface area contributed by atoms with Gasteiger partial charge >= 0.3 is 12.4 Å². The van der Waals surface area contributed by atoms with E-state index in [-0.39, 0.29) is 48.2 Å². The van der Waals surface area contributed by atoms with Crippen molar-refractivity contribution in [2.24, 2.45) is 5.92 Å². The highest BCUT2D eigenvalue weighted by Gasteiger charge is 2.69. The second-order valence-corrected chi connectivity index (χ2v) is 12.0. The van der Waals surface area contributed by atoms with Gasteiger partial charge in [-0.15, -0.1) is 0 Å². The molecule has 5 rings (SSSR count). The topological polar surface area (TPSA) is 103 Å².